The molecule has 0 aromatic heterocycles. The summed E-state index contributed by atoms with van der Waals surface area (Å²) in [6.07, 6.45) is 6.78. The van der Waals surface area contributed by atoms with E-state index in [0.717, 1.165) is 63.7 Å². The van der Waals surface area contributed by atoms with Crippen molar-refractivity contribution in [2.24, 2.45) is 0 Å². The van der Waals surface area contributed by atoms with Gasteiger partial charge in [-0.15, -0.1) is 0 Å². The van der Waals surface area contributed by atoms with Crippen LogP contribution >= 0.6 is 0 Å². The first-order valence-electron chi connectivity index (χ1n) is 12.3. The lowest BCUT2D eigenvalue weighted by Gasteiger charge is -2.37. The Kier molecular flexibility index (Phi) is 13.3. The molecule has 0 atom stereocenters. The number of aryl methyl sites for hydroxylation is 1. The lowest BCUT2D eigenvalue weighted by Crippen LogP contribution is -2.53. The largest absolute Gasteiger partial charge is 0.444 e. The van der Waals surface area contributed by atoms with E-state index in [2.05, 4.69) is 30.3 Å². The Morgan fingerprint density at radius 2 is 1.32 bits per heavy atom. The molecule has 1 amide bonds. The van der Waals surface area contributed by atoms with Crippen molar-refractivity contribution in [3.05, 3.63) is 71.8 Å². The summed E-state index contributed by atoms with van der Waals surface area (Å²) in [7, 11) is 3.05. The van der Waals surface area contributed by atoms with Crippen LogP contribution in [-0.2, 0) is 32.0 Å². The molecule has 0 saturated carbocycles. The van der Waals surface area contributed by atoms with E-state index in [9.17, 15) is 4.79 Å². The van der Waals surface area contributed by atoms with E-state index < -0.39 is 12.0 Å². The van der Waals surface area contributed by atoms with E-state index in [1.54, 1.807) is 6.92 Å². The van der Waals surface area contributed by atoms with Crippen LogP contribution in [0.15, 0.2) is 60.7 Å². The molecule has 0 aliphatic heterocycles. The van der Waals surface area contributed by atoms with E-state index in [-0.39, 0.29) is 6.61 Å². The van der Waals surface area contributed by atoms with Gasteiger partial charge in [-0.3, -0.25) is 4.90 Å². The zero-order chi connectivity index (χ0) is 24.5. The van der Waals surface area contributed by atoms with Crippen molar-refractivity contribution in [2.75, 3.05) is 34.0 Å². The molecule has 0 fully saturated rings. The topological polar surface area (TPSA) is 57.2 Å². The summed E-state index contributed by atoms with van der Waals surface area (Å²) >= 11 is 0. The fourth-order valence-electron chi connectivity index (χ4n) is 3.67. The predicted octanol–water partition coefficient (Wildman–Crippen LogP) is 6.19. The minimum atomic E-state index is -1.17. The van der Waals surface area contributed by atoms with E-state index in [1.807, 2.05) is 30.3 Å². The second-order valence-corrected chi connectivity index (χ2v) is 8.47. The highest BCUT2D eigenvalue weighted by Gasteiger charge is 2.36. The number of unbranched alkanes of at least 4 members (excludes halogenated alkanes) is 4. The molecule has 0 spiro atoms. The van der Waals surface area contributed by atoms with Gasteiger partial charge >= 0.3 is 6.09 Å². The van der Waals surface area contributed by atoms with Gasteiger partial charge in [0.05, 0.1) is 0 Å². The van der Waals surface area contributed by atoms with Crippen molar-refractivity contribution < 1.29 is 23.7 Å². The predicted molar refractivity (Wildman–Crippen MR) is 134 cm³/mol. The van der Waals surface area contributed by atoms with Gasteiger partial charge in [0.2, 0.25) is 0 Å². The number of rotatable bonds is 17. The molecule has 0 heterocycles. The molecule has 0 radical (unpaired) electrons. The first-order valence-corrected chi connectivity index (χ1v) is 12.3. The monoisotopic (exact) mass is 471 g/mol. The van der Waals surface area contributed by atoms with Crippen molar-refractivity contribution in [1.82, 2.24) is 4.90 Å². The van der Waals surface area contributed by atoms with Crippen molar-refractivity contribution in [3.8, 4) is 0 Å². The molecule has 0 N–H and O–H groups in total. The van der Waals surface area contributed by atoms with Crippen LogP contribution < -0.4 is 0 Å². The van der Waals surface area contributed by atoms with Gasteiger partial charge in [-0.25, -0.2) is 4.79 Å². The zero-order valence-corrected chi connectivity index (χ0v) is 21.0. The first-order chi connectivity index (χ1) is 16.6. The maximum Gasteiger partial charge on any atom is 0.414 e. The Morgan fingerprint density at radius 1 is 0.765 bits per heavy atom. The summed E-state index contributed by atoms with van der Waals surface area (Å²) in [5, 5.41) is 0. The maximum atomic E-state index is 12.8. The van der Waals surface area contributed by atoms with Crippen LogP contribution in [0.1, 0.15) is 56.6 Å². The highest BCUT2D eigenvalue weighted by atomic mass is 16.7. The van der Waals surface area contributed by atoms with Crippen LogP contribution in [0.4, 0.5) is 4.79 Å². The average Bonchev–Trinajstić information content (AvgIpc) is 2.88. The number of carbonyl (C=O) groups is 1. The Bertz CT molecular complexity index is 780. The molecule has 2 aromatic rings. The van der Waals surface area contributed by atoms with E-state index in [1.165, 1.54) is 24.7 Å². The van der Waals surface area contributed by atoms with Gasteiger partial charge in [0, 0.05) is 40.9 Å². The fraction of sp³-hybridized carbons (Fsp3) is 0.536. The van der Waals surface area contributed by atoms with Gasteiger partial charge in [0.15, 0.2) is 0 Å². The molecule has 2 rings (SSSR count). The summed E-state index contributed by atoms with van der Waals surface area (Å²) in [6, 6.07) is 20.2. The number of methoxy groups -OCH3 is 2. The van der Waals surface area contributed by atoms with E-state index in [0.29, 0.717) is 6.54 Å². The molecule has 0 bridgehead atoms. The number of carbonyl (C=O) groups excluding carboxylic acids is 1. The van der Waals surface area contributed by atoms with Crippen LogP contribution in [-0.4, -0.2) is 50.9 Å². The van der Waals surface area contributed by atoms with Crippen molar-refractivity contribution in [2.45, 2.75) is 64.4 Å². The number of benzene rings is 2. The molecule has 0 unspecified atom stereocenters. The molecule has 0 saturated heterocycles. The third-order valence-electron chi connectivity index (χ3n) is 5.94. The number of amides is 1. The molecule has 6 nitrogen and oxygen atoms in total. The number of nitrogens with zero attached hydrogens (tertiary/aromatic N) is 1. The average molecular weight is 472 g/mol. The van der Waals surface area contributed by atoms with Gasteiger partial charge in [-0.2, -0.15) is 0 Å². The van der Waals surface area contributed by atoms with Crippen LogP contribution in [0.2, 0.25) is 0 Å². The molecule has 6 heteroatoms. The third kappa shape index (κ3) is 10.2. The van der Waals surface area contributed by atoms with Crippen molar-refractivity contribution in [1.29, 1.82) is 0 Å². The summed E-state index contributed by atoms with van der Waals surface area (Å²) in [5.41, 5.74) is 2.32. The Balaban J connectivity index is 1.60. The van der Waals surface area contributed by atoms with Crippen LogP contribution in [0.5, 0.6) is 0 Å². The standard InChI is InChI=1S/C28H41NO5/c1-28(31-2,32-3)29(27(30)34-24-26-19-10-7-11-20-26)21-13-4-5-14-22-33-23-15-12-18-25-16-8-6-9-17-25/h6-11,16-17,19-20H,4-5,12-15,18,21-24H2,1-3H3. The Labute approximate surface area is 205 Å². The highest BCUT2D eigenvalue weighted by molar-refractivity contribution is 5.68. The van der Waals surface area contributed by atoms with Crippen LogP contribution in [0.3, 0.4) is 0 Å². The second kappa shape index (κ2) is 16.3. The zero-order valence-electron chi connectivity index (χ0n) is 21.0. The molecular weight excluding hydrogens is 430 g/mol. The minimum Gasteiger partial charge on any atom is -0.444 e. The Morgan fingerprint density at radius 3 is 1.94 bits per heavy atom. The SMILES string of the molecule is COC(C)(OC)N(CCCCCCOCCCCc1ccccc1)C(=O)OCc1ccccc1. The van der Waals surface area contributed by atoms with Gasteiger partial charge in [0.25, 0.3) is 5.91 Å². The van der Waals surface area contributed by atoms with E-state index >= 15 is 0 Å². The van der Waals surface area contributed by atoms with Crippen LogP contribution in [0.25, 0.3) is 0 Å². The molecular formula is C28H41NO5. The van der Waals surface area contributed by atoms with Gasteiger partial charge in [-0.05, 0) is 43.2 Å². The highest BCUT2D eigenvalue weighted by Crippen LogP contribution is 2.20. The first kappa shape index (κ1) is 27.8. The normalized spacial score (nSPS) is 11.4. The van der Waals surface area contributed by atoms with Gasteiger partial charge in [0.1, 0.15) is 6.61 Å². The summed E-state index contributed by atoms with van der Waals surface area (Å²) < 4.78 is 22.2. The minimum absolute atomic E-state index is 0.211. The molecule has 0 aliphatic carbocycles. The summed E-state index contributed by atoms with van der Waals surface area (Å²) in [6.45, 7) is 4.02. The van der Waals surface area contributed by atoms with Crippen molar-refractivity contribution in [3.63, 3.8) is 0 Å². The van der Waals surface area contributed by atoms with Crippen molar-refractivity contribution >= 4 is 6.09 Å². The Hall–Kier alpha value is -2.41. The molecule has 34 heavy (non-hydrogen) atoms. The second-order valence-electron chi connectivity index (χ2n) is 8.47. The lowest BCUT2D eigenvalue weighted by atomic mass is 10.1. The van der Waals surface area contributed by atoms with Gasteiger partial charge in [-0.1, -0.05) is 73.5 Å². The summed E-state index contributed by atoms with van der Waals surface area (Å²) in [5.74, 6) is -1.17. The summed E-state index contributed by atoms with van der Waals surface area (Å²) in [4.78, 5) is 14.3. The smallest absolute Gasteiger partial charge is 0.414 e. The maximum absolute atomic E-state index is 12.8. The van der Waals surface area contributed by atoms with E-state index in [4.69, 9.17) is 18.9 Å². The number of hydrogen-bond acceptors (Lipinski definition) is 5. The van der Waals surface area contributed by atoms with Gasteiger partial charge < -0.3 is 18.9 Å². The fourth-order valence-corrected chi connectivity index (χ4v) is 3.67. The third-order valence-corrected chi connectivity index (χ3v) is 5.94. The quantitative estimate of drug-likeness (QED) is 0.203. The van der Waals surface area contributed by atoms with Crippen LogP contribution in [0, 0.1) is 0 Å². The molecule has 188 valence electrons. The molecule has 2 aromatic carbocycles. The number of ether oxygens (including phenoxy) is 4. The number of hydrogen-bond donors (Lipinski definition) is 0. The molecule has 0 aliphatic rings. The lowest BCUT2D eigenvalue weighted by molar-refractivity contribution is -0.271.